The largest absolute Gasteiger partial charge is 0.468 e. The van der Waals surface area contributed by atoms with Crippen molar-refractivity contribution in [2.24, 2.45) is 11.8 Å². The first-order valence-corrected chi connectivity index (χ1v) is 10.3. The van der Waals surface area contributed by atoms with E-state index in [9.17, 15) is 19.5 Å². The van der Waals surface area contributed by atoms with Crippen molar-refractivity contribution in [2.75, 3.05) is 34.9 Å². The lowest BCUT2D eigenvalue weighted by molar-refractivity contribution is -0.147. The number of aliphatic hydroxyl groups is 1. The summed E-state index contributed by atoms with van der Waals surface area (Å²) in [6, 6.07) is 10.1. The third-order valence-electron chi connectivity index (χ3n) is 6.62. The normalized spacial score (nSPS) is 24.5. The minimum atomic E-state index is -0.540. The lowest BCUT2D eigenvalue weighted by Crippen LogP contribution is -2.41. The molecule has 0 bridgehead atoms. The molecule has 8 nitrogen and oxygen atoms in total. The Morgan fingerprint density at radius 2 is 1.97 bits per heavy atom. The number of likely N-dealkylation sites (tertiary alicyclic amines) is 1. The van der Waals surface area contributed by atoms with E-state index >= 15 is 0 Å². The molecule has 164 valence electrons. The second-order valence-corrected chi connectivity index (χ2v) is 8.46. The molecule has 1 aromatic heterocycles. The van der Waals surface area contributed by atoms with Crippen LogP contribution in [-0.2, 0) is 16.1 Å². The van der Waals surface area contributed by atoms with Gasteiger partial charge in [-0.05, 0) is 36.9 Å². The average molecular weight is 425 g/mol. The third-order valence-corrected chi connectivity index (χ3v) is 6.62. The Labute approximate surface area is 180 Å². The van der Waals surface area contributed by atoms with Gasteiger partial charge in [-0.3, -0.25) is 19.3 Å². The van der Waals surface area contributed by atoms with E-state index in [0.717, 1.165) is 5.69 Å². The molecule has 0 saturated carbocycles. The highest BCUT2D eigenvalue weighted by molar-refractivity contribution is 5.95. The Bertz CT molecular complexity index is 1090. The van der Waals surface area contributed by atoms with Crippen LogP contribution in [0.5, 0.6) is 0 Å². The molecule has 0 spiro atoms. The number of aromatic nitrogens is 1. The molecule has 3 heterocycles. The second-order valence-electron chi connectivity index (χ2n) is 8.46. The van der Waals surface area contributed by atoms with Gasteiger partial charge in [0.15, 0.2) is 0 Å². The van der Waals surface area contributed by atoms with Crippen molar-refractivity contribution in [1.29, 1.82) is 0 Å². The first-order valence-electron chi connectivity index (χ1n) is 10.3. The molecule has 2 aliphatic rings. The molecule has 8 heteroatoms. The van der Waals surface area contributed by atoms with Crippen LogP contribution in [0, 0.1) is 11.8 Å². The number of nitrogens with zero attached hydrogens (tertiary/aromatic N) is 3. The highest BCUT2D eigenvalue weighted by Crippen LogP contribution is 2.48. The first kappa shape index (κ1) is 21.3. The van der Waals surface area contributed by atoms with E-state index in [1.54, 1.807) is 42.9 Å². The predicted molar refractivity (Wildman–Crippen MR) is 115 cm³/mol. The van der Waals surface area contributed by atoms with Gasteiger partial charge in [-0.2, -0.15) is 0 Å². The number of fused-ring (bicyclic) bond motifs is 3. The van der Waals surface area contributed by atoms with Gasteiger partial charge in [0.2, 0.25) is 0 Å². The topological polar surface area (TPSA) is 92.1 Å². The predicted octanol–water partition coefficient (Wildman–Crippen LogP) is 0.983. The number of aliphatic hydroxyl groups excluding tert-OH is 1. The number of methoxy groups -OCH3 is 1. The van der Waals surface area contributed by atoms with E-state index in [4.69, 9.17) is 4.74 Å². The number of rotatable bonds is 4. The fourth-order valence-electron chi connectivity index (χ4n) is 5.15. The Kier molecular flexibility index (Phi) is 5.45. The molecule has 1 aromatic carbocycles. The van der Waals surface area contributed by atoms with Crippen LogP contribution >= 0.6 is 0 Å². The summed E-state index contributed by atoms with van der Waals surface area (Å²) in [5.74, 6) is -0.877. The van der Waals surface area contributed by atoms with Crippen LogP contribution in [-0.4, -0.2) is 72.3 Å². The zero-order valence-corrected chi connectivity index (χ0v) is 18.1. The second kappa shape index (κ2) is 7.94. The number of amides is 1. The van der Waals surface area contributed by atoms with Crippen LogP contribution in [0.3, 0.4) is 0 Å². The molecule has 0 unspecified atom stereocenters. The van der Waals surface area contributed by atoms with Crippen molar-refractivity contribution in [3.8, 4) is 11.1 Å². The molecule has 1 N–H and O–H groups in total. The van der Waals surface area contributed by atoms with E-state index in [2.05, 4.69) is 0 Å². The van der Waals surface area contributed by atoms with Crippen LogP contribution in [0.2, 0.25) is 0 Å². The number of carbonyl (C=O) groups is 2. The lowest BCUT2D eigenvalue weighted by atomic mass is 9.88. The maximum Gasteiger partial charge on any atom is 0.323 e. The molecule has 1 amide bonds. The molecule has 2 aliphatic heterocycles. The summed E-state index contributed by atoms with van der Waals surface area (Å²) in [5, 5.41) is 10.00. The van der Waals surface area contributed by atoms with Gasteiger partial charge in [0.25, 0.3) is 11.5 Å². The molecule has 0 radical (unpaired) electrons. The fraction of sp³-hybridized carbons (Fsp3) is 0.435. The molecule has 4 atom stereocenters. The van der Waals surface area contributed by atoms with Gasteiger partial charge in [-0.1, -0.05) is 12.1 Å². The number of ether oxygens (including phenoxy) is 1. The van der Waals surface area contributed by atoms with E-state index in [1.165, 1.54) is 12.0 Å². The number of hydrogen-bond donors (Lipinski definition) is 1. The van der Waals surface area contributed by atoms with Crippen molar-refractivity contribution >= 4 is 11.9 Å². The summed E-state index contributed by atoms with van der Waals surface area (Å²) in [7, 11) is 6.55. The number of carbonyl (C=O) groups excluding carboxylic acids is 2. The van der Waals surface area contributed by atoms with Crippen LogP contribution in [0.1, 0.15) is 22.1 Å². The number of pyridine rings is 1. The SMILES string of the molecule is COC(=O)[C@H]1[C@H](CO)[C@H]2Cn3c(ccc(-c4cccc(C(=O)N(C)C)c4)c3=O)[C@H]2N1C. The summed E-state index contributed by atoms with van der Waals surface area (Å²) >= 11 is 0. The van der Waals surface area contributed by atoms with Gasteiger partial charge in [-0.15, -0.1) is 0 Å². The average Bonchev–Trinajstić information content (AvgIpc) is 3.28. The summed E-state index contributed by atoms with van der Waals surface area (Å²) in [4.78, 5) is 41.4. The monoisotopic (exact) mass is 425 g/mol. The zero-order chi connectivity index (χ0) is 22.4. The van der Waals surface area contributed by atoms with Crippen molar-refractivity contribution in [3.63, 3.8) is 0 Å². The molecule has 4 rings (SSSR count). The minimum Gasteiger partial charge on any atom is -0.468 e. The highest BCUT2D eigenvalue weighted by atomic mass is 16.5. The van der Waals surface area contributed by atoms with Gasteiger partial charge < -0.3 is 19.3 Å². The molecule has 2 aromatic rings. The lowest BCUT2D eigenvalue weighted by Gasteiger charge is -2.25. The van der Waals surface area contributed by atoms with Gasteiger partial charge in [0.05, 0.1) is 13.2 Å². The smallest absolute Gasteiger partial charge is 0.323 e. The van der Waals surface area contributed by atoms with Crippen LogP contribution < -0.4 is 5.56 Å². The van der Waals surface area contributed by atoms with Gasteiger partial charge in [0, 0.05) is 55.9 Å². The molecular formula is C23H27N3O5. The van der Waals surface area contributed by atoms with Gasteiger partial charge in [0.1, 0.15) is 6.04 Å². The van der Waals surface area contributed by atoms with Gasteiger partial charge in [-0.25, -0.2) is 0 Å². The highest BCUT2D eigenvalue weighted by Gasteiger charge is 2.54. The van der Waals surface area contributed by atoms with Crippen LogP contribution in [0.4, 0.5) is 0 Å². The Hall–Kier alpha value is -2.97. The maximum absolute atomic E-state index is 13.4. The van der Waals surface area contributed by atoms with Crippen molar-refractivity contribution in [2.45, 2.75) is 18.6 Å². The van der Waals surface area contributed by atoms with Gasteiger partial charge >= 0.3 is 5.97 Å². The van der Waals surface area contributed by atoms with E-state index < -0.39 is 6.04 Å². The summed E-state index contributed by atoms with van der Waals surface area (Å²) < 4.78 is 6.68. The Morgan fingerprint density at radius 3 is 2.61 bits per heavy atom. The Morgan fingerprint density at radius 1 is 1.23 bits per heavy atom. The molecule has 31 heavy (non-hydrogen) atoms. The van der Waals surface area contributed by atoms with Crippen molar-refractivity contribution in [1.82, 2.24) is 14.4 Å². The minimum absolute atomic E-state index is 0.0660. The summed E-state index contributed by atoms with van der Waals surface area (Å²) in [5.41, 5.74) is 2.41. The summed E-state index contributed by atoms with van der Waals surface area (Å²) in [6.07, 6.45) is 0. The number of hydrogen-bond acceptors (Lipinski definition) is 6. The van der Waals surface area contributed by atoms with E-state index in [1.807, 2.05) is 24.1 Å². The number of esters is 1. The standard InChI is InChI=1S/C23H27N3O5/c1-24(2)21(28)14-7-5-6-13(10-14)15-8-9-18-19-16(11-26(18)22(15)29)17(12-27)20(25(19)3)23(30)31-4/h5-10,16-17,19-20,27H,11-12H2,1-4H3/t16-,17-,19+,20-/m1/s1. The molecule has 0 aliphatic carbocycles. The van der Waals surface area contributed by atoms with Crippen LogP contribution in [0.15, 0.2) is 41.2 Å². The molecular weight excluding hydrogens is 398 g/mol. The summed E-state index contributed by atoms with van der Waals surface area (Å²) in [6.45, 7) is 0.265. The fourth-order valence-corrected chi connectivity index (χ4v) is 5.15. The Balaban J connectivity index is 1.74. The number of likely N-dealkylation sites (N-methyl/N-ethyl adjacent to an activating group) is 1. The maximum atomic E-state index is 13.4. The molecule has 1 fully saturated rings. The van der Waals surface area contributed by atoms with Crippen molar-refractivity contribution in [3.05, 3.63) is 58.0 Å². The van der Waals surface area contributed by atoms with Crippen molar-refractivity contribution < 1.29 is 19.4 Å². The quantitative estimate of drug-likeness (QED) is 0.735. The molecule has 1 saturated heterocycles. The first-order chi connectivity index (χ1) is 14.8. The zero-order valence-electron chi connectivity index (χ0n) is 18.1. The van der Waals surface area contributed by atoms with E-state index in [0.29, 0.717) is 23.2 Å². The number of benzene rings is 1. The third kappa shape index (κ3) is 3.26. The van der Waals surface area contributed by atoms with E-state index in [-0.39, 0.29) is 41.9 Å². The van der Waals surface area contributed by atoms with Crippen LogP contribution in [0.25, 0.3) is 11.1 Å².